The smallest absolute Gasteiger partial charge is 0.125 e. The van der Waals surface area contributed by atoms with E-state index in [-0.39, 0.29) is 6.04 Å². The zero-order valence-electron chi connectivity index (χ0n) is 10.4. The van der Waals surface area contributed by atoms with Gasteiger partial charge >= 0.3 is 0 Å². The monoisotopic (exact) mass is 219 g/mol. The van der Waals surface area contributed by atoms with Crippen LogP contribution in [-0.4, -0.2) is 12.6 Å². The first-order valence-corrected chi connectivity index (χ1v) is 5.64. The highest BCUT2D eigenvalue weighted by molar-refractivity contribution is 5.43. The lowest BCUT2D eigenvalue weighted by atomic mass is 10.0. The molecule has 0 aromatic heterocycles. The highest BCUT2D eigenvalue weighted by Crippen LogP contribution is 2.25. The van der Waals surface area contributed by atoms with Crippen molar-refractivity contribution in [2.75, 3.05) is 6.61 Å². The summed E-state index contributed by atoms with van der Waals surface area (Å²) in [5.41, 5.74) is 9.40. The summed E-state index contributed by atoms with van der Waals surface area (Å²) in [6.45, 7) is 10.4. The maximum atomic E-state index is 5.80. The second-order valence-corrected chi connectivity index (χ2v) is 4.34. The largest absolute Gasteiger partial charge is 0.489 e. The number of rotatable bonds is 5. The molecule has 2 N–H and O–H groups in total. The molecule has 16 heavy (non-hydrogen) atoms. The quantitative estimate of drug-likeness (QED) is 0.773. The minimum absolute atomic E-state index is 0.193. The standard InChI is InChI=1S/C14H21NO/c1-5-6-16-14-10(2)7-13(8-11(14)3)9-12(4)15/h5,7-8,12H,1,6,9,15H2,2-4H3. The van der Waals surface area contributed by atoms with E-state index in [1.807, 2.05) is 6.92 Å². The molecule has 1 unspecified atom stereocenters. The van der Waals surface area contributed by atoms with Crippen LogP contribution in [0.5, 0.6) is 5.75 Å². The molecule has 1 rings (SSSR count). The van der Waals surface area contributed by atoms with E-state index in [0.717, 1.165) is 23.3 Å². The average molecular weight is 219 g/mol. The van der Waals surface area contributed by atoms with Crippen molar-refractivity contribution < 1.29 is 4.74 Å². The Balaban J connectivity index is 2.93. The molecule has 88 valence electrons. The van der Waals surface area contributed by atoms with Crippen molar-refractivity contribution in [1.82, 2.24) is 0 Å². The summed E-state index contributed by atoms with van der Waals surface area (Å²) in [5.74, 6) is 0.966. The molecule has 0 aliphatic rings. The van der Waals surface area contributed by atoms with Gasteiger partial charge in [-0.3, -0.25) is 0 Å². The topological polar surface area (TPSA) is 35.2 Å². The molecule has 0 amide bonds. The minimum Gasteiger partial charge on any atom is -0.489 e. The molecule has 0 saturated carbocycles. The van der Waals surface area contributed by atoms with Crippen molar-refractivity contribution in [2.45, 2.75) is 33.2 Å². The Morgan fingerprint density at radius 1 is 1.38 bits per heavy atom. The van der Waals surface area contributed by atoms with Crippen LogP contribution in [0, 0.1) is 13.8 Å². The molecular weight excluding hydrogens is 198 g/mol. The van der Waals surface area contributed by atoms with Gasteiger partial charge in [0.2, 0.25) is 0 Å². The molecule has 0 radical (unpaired) electrons. The molecular formula is C14H21NO. The summed E-state index contributed by atoms with van der Waals surface area (Å²) in [7, 11) is 0. The van der Waals surface area contributed by atoms with Crippen LogP contribution in [0.25, 0.3) is 0 Å². The van der Waals surface area contributed by atoms with Gasteiger partial charge in [-0.2, -0.15) is 0 Å². The normalized spacial score (nSPS) is 12.2. The summed E-state index contributed by atoms with van der Waals surface area (Å²) >= 11 is 0. The second kappa shape index (κ2) is 5.71. The van der Waals surface area contributed by atoms with Gasteiger partial charge in [0.1, 0.15) is 12.4 Å². The Morgan fingerprint density at radius 3 is 2.38 bits per heavy atom. The number of hydrogen-bond donors (Lipinski definition) is 1. The van der Waals surface area contributed by atoms with E-state index in [1.165, 1.54) is 5.56 Å². The van der Waals surface area contributed by atoms with Crippen molar-refractivity contribution in [2.24, 2.45) is 5.73 Å². The number of ether oxygens (including phenoxy) is 1. The predicted molar refractivity (Wildman–Crippen MR) is 69.0 cm³/mol. The van der Waals surface area contributed by atoms with Gasteiger partial charge in [0.05, 0.1) is 0 Å². The number of hydrogen-bond acceptors (Lipinski definition) is 2. The molecule has 1 aromatic rings. The van der Waals surface area contributed by atoms with Crippen LogP contribution in [0.15, 0.2) is 24.8 Å². The van der Waals surface area contributed by atoms with E-state index in [1.54, 1.807) is 6.08 Å². The van der Waals surface area contributed by atoms with E-state index in [2.05, 4.69) is 32.6 Å². The summed E-state index contributed by atoms with van der Waals surface area (Å²) in [6.07, 6.45) is 2.66. The third-order valence-corrected chi connectivity index (χ3v) is 2.42. The molecule has 2 nitrogen and oxygen atoms in total. The maximum Gasteiger partial charge on any atom is 0.125 e. The zero-order chi connectivity index (χ0) is 12.1. The third kappa shape index (κ3) is 3.38. The molecule has 0 fully saturated rings. The van der Waals surface area contributed by atoms with Gasteiger partial charge in [-0.1, -0.05) is 24.8 Å². The van der Waals surface area contributed by atoms with Crippen LogP contribution < -0.4 is 10.5 Å². The predicted octanol–water partition coefficient (Wildman–Crippen LogP) is 2.76. The van der Waals surface area contributed by atoms with Crippen molar-refractivity contribution in [3.8, 4) is 5.75 Å². The molecule has 2 heteroatoms. The second-order valence-electron chi connectivity index (χ2n) is 4.34. The lowest BCUT2D eigenvalue weighted by Gasteiger charge is -2.14. The maximum absolute atomic E-state index is 5.80. The summed E-state index contributed by atoms with van der Waals surface area (Å²) in [4.78, 5) is 0. The van der Waals surface area contributed by atoms with Crippen LogP contribution in [0.2, 0.25) is 0 Å². The van der Waals surface area contributed by atoms with Crippen LogP contribution in [0.1, 0.15) is 23.6 Å². The lowest BCUT2D eigenvalue weighted by Crippen LogP contribution is -2.18. The minimum atomic E-state index is 0.193. The Labute approximate surface area is 98.1 Å². The van der Waals surface area contributed by atoms with E-state index < -0.39 is 0 Å². The van der Waals surface area contributed by atoms with Gasteiger partial charge in [0.25, 0.3) is 0 Å². The van der Waals surface area contributed by atoms with Gasteiger partial charge in [-0.15, -0.1) is 0 Å². The van der Waals surface area contributed by atoms with Gasteiger partial charge in [0, 0.05) is 6.04 Å². The van der Waals surface area contributed by atoms with Crippen LogP contribution >= 0.6 is 0 Å². The van der Waals surface area contributed by atoms with Crippen LogP contribution in [0.3, 0.4) is 0 Å². The lowest BCUT2D eigenvalue weighted by molar-refractivity contribution is 0.358. The number of aryl methyl sites for hydroxylation is 2. The fraction of sp³-hybridized carbons (Fsp3) is 0.429. The molecule has 1 aromatic carbocycles. The molecule has 0 spiro atoms. The summed E-state index contributed by atoms with van der Waals surface area (Å²) < 4.78 is 5.63. The number of nitrogens with two attached hydrogens (primary N) is 1. The van der Waals surface area contributed by atoms with Crippen molar-refractivity contribution >= 4 is 0 Å². The highest BCUT2D eigenvalue weighted by atomic mass is 16.5. The first-order chi connectivity index (χ1) is 7.54. The van der Waals surface area contributed by atoms with Gasteiger partial charge in [0.15, 0.2) is 0 Å². The van der Waals surface area contributed by atoms with E-state index >= 15 is 0 Å². The summed E-state index contributed by atoms with van der Waals surface area (Å²) in [6, 6.07) is 4.49. The van der Waals surface area contributed by atoms with E-state index in [0.29, 0.717) is 6.61 Å². The van der Waals surface area contributed by atoms with Crippen molar-refractivity contribution in [3.05, 3.63) is 41.5 Å². The van der Waals surface area contributed by atoms with E-state index in [9.17, 15) is 0 Å². The van der Waals surface area contributed by atoms with Gasteiger partial charge in [-0.05, 0) is 43.9 Å². The zero-order valence-corrected chi connectivity index (χ0v) is 10.4. The average Bonchev–Trinajstić information content (AvgIpc) is 2.15. The SMILES string of the molecule is C=CCOc1c(C)cc(CC(C)N)cc1C. The molecule has 1 atom stereocenters. The highest BCUT2D eigenvalue weighted by Gasteiger charge is 2.07. The first kappa shape index (κ1) is 12.8. The first-order valence-electron chi connectivity index (χ1n) is 5.64. The Morgan fingerprint density at radius 2 is 1.94 bits per heavy atom. The van der Waals surface area contributed by atoms with Crippen molar-refractivity contribution in [3.63, 3.8) is 0 Å². The molecule has 0 saturated heterocycles. The molecule has 0 aliphatic carbocycles. The van der Waals surface area contributed by atoms with E-state index in [4.69, 9.17) is 10.5 Å². The van der Waals surface area contributed by atoms with Crippen molar-refractivity contribution in [1.29, 1.82) is 0 Å². The summed E-state index contributed by atoms with van der Waals surface area (Å²) in [5, 5.41) is 0. The van der Waals surface area contributed by atoms with Gasteiger partial charge in [-0.25, -0.2) is 0 Å². The Bertz CT molecular complexity index is 346. The molecule has 0 aliphatic heterocycles. The van der Waals surface area contributed by atoms with Gasteiger partial charge < -0.3 is 10.5 Å². The fourth-order valence-electron chi connectivity index (χ4n) is 1.90. The van der Waals surface area contributed by atoms with Crippen LogP contribution in [-0.2, 0) is 6.42 Å². The Hall–Kier alpha value is -1.28. The number of benzene rings is 1. The third-order valence-electron chi connectivity index (χ3n) is 2.42. The fourth-order valence-corrected chi connectivity index (χ4v) is 1.90. The molecule has 0 heterocycles. The van der Waals surface area contributed by atoms with Crippen LogP contribution in [0.4, 0.5) is 0 Å². The Kier molecular flexibility index (Phi) is 4.56. The molecule has 0 bridgehead atoms.